The molecular weight excluding hydrogens is 288 g/mol. The highest BCUT2D eigenvalue weighted by molar-refractivity contribution is 7.99. The number of rotatable bonds is 3. The van der Waals surface area contributed by atoms with Crippen molar-refractivity contribution in [3.05, 3.63) is 66.2 Å². The molecule has 0 fully saturated rings. The van der Waals surface area contributed by atoms with Crippen LogP contribution in [0.1, 0.15) is 12.0 Å². The van der Waals surface area contributed by atoms with Crippen LogP contribution in [-0.4, -0.2) is 0 Å². The Bertz CT molecular complexity index is 787. The fraction of sp³-hybridized carbons (Fsp3) is 0.0588. The maximum atomic E-state index is 13.1. The van der Waals surface area contributed by atoms with Gasteiger partial charge >= 0.3 is 0 Å². The zero-order chi connectivity index (χ0) is 14.8. The molecule has 0 radical (unpaired) electrons. The average Bonchev–Trinajstić information content (AvgIpc) is 2.49. The molecule has 3 rings (SSSR count). The maximum Gasteiger partial charge on any atom is 0.265 e. The number of anilines is 1. The van der Waals surface area contributed by atoms with E-state index in [2.05, 4.69) is 0 Å². The molecule has 0 aromatic heterocycles. The number of fused-ring (bicyclic) bond motifs is 1. The molecule has 0 atom stereocenters. The van der Waals surface area contributed by atoms with Crippen molar-refractivity contribution in [2.75, 3.05) is 5.73 Å². The number of alkyl halides is 2. The smallest absolute Gasteiger partial charge is 0.265 e. The summed E-state index contributed by atoms with van der Waals surface area (Å²) in [5.74, 6) is 0. The largest absolute Gasteiger partial charge is 0.399 e. The monoisotopic (exact) mass is 301 g/mol. The van der Waals surface area contributed by atoms with E-state index in [4.69, 9.17) is 5.73 Å². The first-order chi connectivity index (χ1) is 10.1. The van der Waals surface area contributed by atoms with Crippen molar-refractivity contribution in [3.8, 4) is 0 Å². The Morgan fingerprint density at radius 3 is 2.38 bits per heavy atom. The lowest BCUT2D eigenvalue weighted by Gasteiger charge is -2.10. The van der Waals surface area contributed by atoms with Gasteiger partial charge in [-0.25, -0.2) is 8.78 Å². The van der Waals surface area contributed by atoms with Crippen LogP contribution in [0.15, 0.2) is 70.5 Å². The number of hydrogen-bond acceptors (Lipinski definition) is 2. The Labute approximate surface area is 125 Å². The Hall–Kier alpha value is -2.07. The summed E-state index contributed by atoms with van der Waals surface area (Å²) >= 11 is 1.33. The van der Waals surface area contributed by atoms with Gasteiger partial charge in [0, 0.05) is 21.0 Å². The second kappa shape index (κ2) is 5.74. The molecule has 3 aromatic rings. The van der Waals surface area contributed by atoms with E-state index in [0.29, 0.717) is 10.6 Å². The lowest BCUT2D eigenvalue weighted by Crippen LogP contribution is -1.92. The molecule has 0 bridgehead atoms. The van der Waals surface area contributed by atoms with Gasteiger partial charge < -0.3 is 5.73 Å². The molecule has 106 valence electrons. The van der Waals surface area contributed by atoms with Crippen LogP contribution >= 0.6 is 11.8 Å². The normalized spacial score (nSPS) is 11.2. The molecule has 3 aromatic carbocycles. The highest BCUT2D eigenvalue weighted by atomic mass is 32.2. The summed E-state index contributed by atoms with van der Waals surface area (Å²) in [6, 6.07) is 18.6. The molecule has 0 spiro atoms. The van der Waals surface area contributed by atoms with E-state index in [1.54, 1.807) is 12.1 Å². The average molecular weight is 301 g/mol. The molecule has 2 N–H and O–H groups in total. The van der Waals surface area contributed by atoms with Crippen molar-refractivity contribution in [2.45, 2.75) is 16.2 Å². The van der Waals surface area contributed by atoms with Gasteiger partial charge in [0.05, 0.1) is 0 Å². The van der Waals surface area contributed by atoms with Gasteiger partial charge in [-0.1, -0.05) is 42.1 Å². The highest BCUT2D eigenvalue weighted by Crippen LogP contribution is 2.37. The van der Waals surface area contributed by atoms with E-state index in [1.165, 1.54) is 17.8 Å². The zero-order valence-electron chi connectivity index (χ0n) is 11.1. The number of nitrogen functional groups attached to an aromatic ring is 1. The van der Waals surface area contributed by atoms with Crippen LogP contribution < -0.4 is 5.73 Å². The number of nitrogens with two attached hydrogens (primary N) is 1. The second-order valence-electron chi connectivity index (χ2n) is 4.71. The van der Waals surface area contributed by atoms with E-state index < -0.39 is 6.43 Å². The van der Waals surface area contributed by atoms with Crippen LogP contribution in [0.3, 0.4) is 0 Å². The molecule has 21 heavy (non-hydrogen) atoms. The Kier molecular flexibility index (Phi) is 3.80. The van der Waals surface area contributed by atoms with Gasteiger partial charge in [-0.2, -0.15) is 0 Å². The summed E-state index contributed by atoms with van der Waals surface area (Å²) < 4.78 is 26.2. The van der Waals surface area contributed by atoms with Crippen LogP contribution in [0.25, 0.3) is 10.8 Å². The van der Waals surface area contributed by atoms with Gasteiger partial charge in [0.1, 0.15) is 0 Å². The molecule has 0 aliphatic carbocycles. The quantitative estimate of drug-likeness (QED) is 0.645. The minimum atomic E-state index is -2.53. The van der Waals surface area contributed by atoms with Gasteiger partial charge in [0.15, 0.2) is 0 Å². The Morgan fingerprint density at radius 2 is 1.62 bits per heavy atom. The van der Waals surface area contributed by atoms with Crippen molar-refractivity contribution in [1.82, 2.24) is 0 Å². The predicted molar refractivity (Wildman–Crippen MR) is 83.9 cm³/mol. The third-order valence-corrected chi connectivity index (χ3v) is 4.30. The van der Waals surface area contributed by atoms with Crippen molar-refractivity contribution >= 4 is 28.2 Å². The summed E-state index contributed by atoms with van der Waals surface area (Å²) in [5.41, 5.74) is 5.93. The second-order valence-corrected chi connectivity index (χ2v) is 5.82. The number of halogens is 2. The molecule has 0 saturated carbocycles. The van der Waals surface area contributed by atoms with Crippen LogP contribution in [0, 0.1) is 0 Å². The van der Waals surface area contributed by atoms with Gasteiger partial charge in [0.2, 0.25) is 0 Å². The Balaban J connectivity index is 1.98. The summed E-state index contributed by atoms with van der Waals surface area (Å²) in [7, 11) is 0. The van der Waals surface area contributed by atoms with E-state index in [0.717, 1.165) is 15.7 Å². The minimum Gasteiger partial charge on any atom is -0.399 e. The Morgan fingerprint density at radius 1 is 0.857 bits per heavy atom. The summed E-state index contributed by atoms with van der Waals surface area (Å²) in [6.07, 6.45) is -2.53. The van der Waals surface area contributed by atoms with Gasteiger partial charge in [-0.3, -0.25) is 0 Å². The van der Waals surface area contributed by atoms with E-state index in [1.807, 2.05) is 42.5 Å². The molecule has 0 aliphatic heterocycles. The van der Waals surface area contributed by atoms with Crippen molar-refractivity contribution in [1.29, 1.82) is 0 Å². The first kappa shape index (κ1) is 13.9. The van der Waals surface area contributed by atoms with Crippen LogP contribution in [-0.2, 0) is 0 Å². The minimum absolute atomic E-state index is 0.0202. The number of benzene rings is 3. The SMILES string of the molecule is Nc1ccc(Sc2ccc3ccccc3c2)c(C(F)F)c1. The number of hydrogen-bond donors (Lipinski definition) is 1. The highest BCUT2D eigenvalue weighted by Gasteiger charge is 2.14. The van der Waals surface area contributed by atoms with E-state index in [9.17, 15) is 8.78 Å². The fourth-order valence-electron chi connectivity index (χ4n) is 2.19. The molecule has 0 unspecified atom stereocenters. The molecule has 4 heteroatoms. The maximum absolute atomic E-state index is 13.1. The summed E-state index contributed by atoms with van der Waals surface area (Å²) in [6.45, 7) is 0. The van der Waals surface area contributed by atoms with E-state index >= 15 is 0 Å². The molecule has 1 nitrogen and oxygen atoms in total. The van der Waals surface area contributed by atoms with Crippen molar-refractivity contribution in [3.63, 3.8) is 0 Å². The predicted octanol–water partition coefficient (Wildman–Crippen LogP) is 5.51. The first-order valence-corrected chi connectivity index (χ1v) is 7.29. The lowest BCUT2D eigenvalue weighted by atomic mass is 10.1. The topological polar surface area (TPSA) is 26.0 Å². The molecular formula is C17H13F2NS. The lowest BCUT2D eigenvalue weighted by molar-refractivity contribution is 0.148. The van der Waals surface area contributed by atoms with Crippen LogP contribution in [0.4, 0.5) is 14.5 Å². The molecule has 0 heterocycles. The van der Waals surface area contributed by atoms with Gasteiger partial charge in [-0.05, 0) is 41.1 Å². The summed E-state index contributed by atoms with van der Waals surface area (Å²) in [5, 5.41) is 2.23. The van der Waals surface area contributed by atoms with Crippen LogP contribution in [0.5, 0.6) is 0 Å². The standard InChI is InChI=1S/C17H13F2NS/c18-17(19)15-10-13(20)6-8-16(15)21-14-7-5-11-3-1-2-4-12(11)9-14/h1-10,17H,20H2. The van der Waals surface area contributed by atoms with E-state index in [-0.39, 0.29) is 5.56 Å². The van der Waals surface area contributed by atoms with Crippen molar-refractivity contribution < 1.29 is 8.78 Å². The third-order valence-electron chi connectivity index (χ3n) is 3.22. The first-order valence-electron chi connectivity index (χ1n) is 6.48. The molecule has 0 aliphatic rings. The molecule has 0 saturated heterocycles. The fourth-order valence-corrected chi connectivity index (χ4v) is 3.17. The van der Waals surface area contributed by atoms with Crippen LogP contribution in [0.2, 0.25) is 0 Å². The van der Waals surface area contributed by atoms with Gasteiger partial charge in [0.25, 0.3) is 6.43 Å². The molecule has 0 amide bonds. The van der Waals surface area contributed by atoms with Crippen molar-refractivity contribution in [2.24, 2.45) is 0 Å². The summed E-state index contributed by atoms with van der Waals surface area (Å²) in [4.78, 5) is 1.47. The third kappa shape index (κ3) is 3.00. The van der Waals surface area contributed by atoms with Gasteiger partial charge in [-0.15, -0.1) is 0 Å². The zero-order valence-corrected chi connectivity index (χ0v) is 11.9.